The Morgan fingerprint density at radius 3 is 2.95 bits per heavy atom. The Labute approximate surface area is 118 Å². The first-order valence-electron chi connectivity index (χ1n) is 6.46. The Hall–Kier alpha value is -1.84. The summed E-state index contributed by atoms with van der Waals surface area (Å²) in [6.07, 6.45) is -1.10. The van der Waals surface area contributed by atoms with E-state index in [1.807, 2.05) is 0 Å². The molecule has 0 aromatic carbocycles. The summed E-state index contributed by atoms with van der Waals surface area (Å²) in [7, 11) is 0. The number of fused-ring (bicyclic) bond motifs is 1. The summed E-state index contributed by atoms with van der Waals surface area (Å²) in [5.74, 6) is -2.81. The summed E-state index contributed by atoms with van der Waals surface area (Å²) in [5.41, 5.74) is -0.0649. The van der Waals surface area contributed by atoms with Crippen molar-refractivity contribution in [3.05, 3.63) is 22.5 Å². The highest BCUT2D eigenvalue weighted by Gasteiger charge is 2.54. The van der Waals surface area contributed by atoms with Gasteiger partial charge in [0.15, 0.2) is 11.2 Å². The van der Waals surface area contributed by atoms with Crippen LogP contribution in [0.15, 0.2) is 11.1 Å². The third kappa shape index (κ3) is 1.96. The van der Waals surface area contributed by atoms with Crippen LogP contribution in [-0.4, -0.2) is 48.3 Å². The quantitative estimate of drug-likeness (QED) is 0.696. The average molecular weight is 298 g/mol. The molecule has 0 aliphatic carbocycles. The fourth-order valence-corrected chi connectivity index (χ4v) is 2.59. The van der Waals surface area contributed by atoms with Crippen molar-refractivity contribution in [1.29, 1.82) is 0 Å². The number of nitrogens with one attached hydrogen (secondary N) is 1. The minimum atomic E-state index is -2.54. The molecule has 1 aliphatic heterocycles. The fraction of sp³-hybridized carbons (Fsp3) is 0.583. The minimum Gasteiger partial charge on any atom is -0.390 e. The maximum absolute atomic E-state index is 14.2. The molecule has 9 heteroatoms. The molecule has 1 aliphatic rings. The Kier molecular flexibility index (Phi) is 3.08. The molecule has 3 rings (SSSR count). The molecule has 0 radical (unpaired) electrons. The standard InChI is InChI=1S/C12H15FN4O4/c1-5-8(19)12(13,3-18)21-11(5)17-4-14-7-9(17)15-6(2)16-10(7)20/h4-5,8,11,18-19H,3H2,1-2H3,(H,15,16,20)/t5-,8-,11+,12+/m0/s1. The molecule has 21 heavy (non-hydrogen) atoms. The third-order valence-electron chi connectivity index (χ3n) is 3.75. The molecule has 0 spiro atoms. The van der Waals surface area contributed by atoms with Crippen LogP contribution < -0.4 is 5.56 Å². The molecule has 2 aromatic rings. The van der Waals surface area contributed by atoms with E-state index in [9.17, 15) is 14.3 Å². The number of aromatic amines is 1. The summed E-state index contributed by atoms with van der Waals surface area (Å²) in [5, 5.41) is 19.0. The summed E-state index contributed by atoms with van der Waals surface area (Å²) in [6.45, 7) is 2.23. The maximum atomic E-state index is 14.2. The van der Waals surface area contributed by atoms with Crippen LogP contribution in [0.5, 0.6) is 0 Å². The van der Waals surface area contributed by atoms with E-state index in [2.05, 4.69) is 15.0 Å². The number of aryl methyl sites for hydroxylation is 1. The highest BCUT2D eigenvalue weighted by Crippen LogP contribution is 2.42. The van der Waals surface area contributed by atoms with Crippen molar-refractivity contribution >= 4 is 11.2 Å². The van der Waals surface area contributed by atoms with Gasteiger partial charge in [0.25, 0.3) is 11.4 Å². The molecule has 3 heterocycles. The average Bonchev–Trinajstić information content (AvgIpc) is 2.95. The fourth-order valence-electron chi connectivity index (χ4n) is 2.59. The van der Waals surface area contributed by atoms with Crippen molar-refractivity contribution in [2.45, 2.75) is 32.0 Å². The lowest BCUT2D eigenvalue weighted by Gasteiger charge is -2.20. The van der Waals surface area contributed by atoms with Gasteiger partial charge in [-0.25, -0.2) is 14.4 Å². The lowest BCUT2D eigenvalue weighted by molar-refractivity contribution is -0.206. The van der Waals surface area contributed by atoms with Crippen LogP contribution in [0.25, 0.3) is 11.2 Å². The molecule has 8 nitrogen and oxygen atoms in total. The summed E-state index contributed by atoms with van der Waals surface area (Å²) in [6, 6.07) is 0. The van der Waals surface area contributed by atoms with Gasteiger partial charge in [0.2, 0.25) is 0 Å². The monoisotopic (exact) mass is 298 g/mol. The second-order valence-electron chi connectivity index (χ2n) is 5.23. The predicted octanol–water partition coefficient (Wildman–Crippen LogP) is -0.388. The van der Waals surface area contributed by atoms with E-state index in [-0.39, 0.29) is 11.2 Å². The van der Waals surface area contributed by atoms with Crippen LogP contribution in [0.2, 0.25) is 0 Å². The summed E-state index contributed by atoms with van der Waals surface area (Å²) in [4.78, 5) is 22.4. The van der Waals surface area contributed by atoms with E-state index >= 15 is 0 Å². The molecular weight excluding hydrogens is 283 g/mol. The van der Waals surface area contributed by atoms with E-state index < -0.39 is 36.3 Å². The maximum Gasteiger partial charge on any atom is 0.279 e. The van der Waals surface area contributed by atoms with Crippen molar-refractivity contribution in [2.75, 3.05) is 6.61 Å². The van der Waals surface area contributed by atoms with Gasteiger partial charge in [-0.15, -0.1) is 0 Å². The number of alkyl halides is 1. The zero-order chi connectivity index (χ0) is 15.4. The molecular formula is C12H15FN4O4. The number of imidazole rings is 1. The molecule has 0 unspecified atom stereocenters. The molecule has 0 saturated carbocycles. The smallest absolute Gasteiger partial charge is 0.279 e. The second kappa shape index (κ2) is 4.58. The number of aliphatic hydroxyl groups excluding tert-OH is 2. The topological polar surface area (TPSA) is 113 Å². The molecule has 2 aromatic heterocycles. The number of aliphatic hydroxyl groups is 2. The Morgan fingerprint density at radius 2 is 2.33 bits per heavy atom. The van der Waals surface area contributed by atoms with E-state index in [0.29, 0.717) is 5.82 Å². The third-order valence-corrected chi connectivity index (χ3v) is 3.75. The summed E-state index contributed by atoms with van der Waals surface area (Å²) >= 11 is 0. The number of nitrogens with zero attached hydrogens (tertiary/aromatic N) is 3. The van der Waals surface area contributed by atoms with E-state index in [1.165, 1.54) is 10.9 Å². The van der Waals surface area contributed by atoms with E-state index in [1.54, 1.807) is 13.8 Å². The van der Waals surface area contributed by atoms with Gasteiger partial charge in [-0.2, -0.15) is 0 Å². The van der Waals surface area contributed by atoms with Crippen LogP contribution in [0.4, 0.5) is 4.39 Å². The predicted molar refractivity (Wildman–Crippen MR) is 69.1 cm³/mol. The van der Waals surface area contributed by atoms with Gasteiger partial charge < -0.3 is 19.9 Å². The van der Waals surface area contributed by atoms with Gasteiger partial charge in [0, 0.05) is 5.92 Å². The largest absolute Gasteiger partial charge is 0.390 e. The Morgan fingerprint density at radius 1 is 1.62 bits per heavy atom. The number of ether oxygens (including phenoxy) is 1. The minimum absolute atomic E-state index is 0.103. The van der Waals surface area contributed by atoms with Gasteiger partial charge in [0.05, 0.1) is 6.33 Å². The normalized spacial score (nSPS) is 32.9. The zero-order valence-corrected chi connectivity index (χ0v) is 11.4. The number of hydrogen-bond acceptors (Lipinski definition) is 6. The number of H-pyrrole nitrogens is 1. The van der Waals surface area contributed by atoms with Crippen LogP contribution in [-0.2, 0) is 4.74 Å². The van der Waals surface area contributed by atoms with Crippen molar-refractivity contribution in [1.82, 2.24) is 19.5 Å². The van der Waals surface area contributed by atoms with Gasteiger partial charge in [-0.05, 0) is 6.92 Å². The number of hydrogen-bond donors (Lipinski definition) is 3. The first-order chi connectivity index (χ1) is 9.87. The highest BCUT2D eigenvalue weighted by atomic mass is 19.2. The lowest BCUT2D eigenvalue weighted by atomic mass is 10.0. The van der Waals surface area contributed by atoms with Crippen LogP contribution in [0.3, 0.4) is 0 Å². The molecule has 114 valence electrons. The molecule has 4 atom stereocenters. The van der Waals surface area contributed by atoms with Gasteiger partial charge in [0.1, 0.15) is 24.8 Å². The van der Waals surface area contributed by atoms with Gasteiger partial charge >= 0.3 is 0 Å². The van der Waals surface area contributed by atoms with Crippen molar-refractivity contribution < 1.29 is 19.3 Å². The first kappa shape index (κ1) is 14.1. The zero-order valence-electron chi connectivity index (χ0n) is 11.4. The van der Waals surface area contributed by atoms with Gasteiger partial charge in [-0.3, -0.25) is 9.36 Å². The molecule has 1 saturated heterocycles. The number of aromatic nitrogens is 4. The SMILES string of the molecule is Cc1nc2c(ncn2[C@@H]2O[C@](F)(CO)[C@@H](O)[C@@H]2C)c(=O)[nH]1. The number of rotatable bonds is 2. The Bertz CT molecular complexity index is 744. The molecule has 0 amide bonds. The highest BCUT2D eigenvalue weighted by molar-refractivity contribution is 5.69. The first-order valence-corrected chi connectivity index (χ1v) is 6.46. The second-order valence-corrected chi connectivity index (χ2v) is 5.23. The molecule has 3 N–H and O–H groups in total. The van der Waals surface area contributed by atoms with Crippen molar-refractivity contribution in [3.63, 3.8) is 0 Å². The molecule has 1 fully saturated rings. The number of halogens is 1. The van der Waals surface area contributed by atoms with Crippen molar-refractivity contribution in [3.8, 4) is 0 Å². The lowest BCUT2D eigenvalue weighted by Crippen LogP contribution is -2.39. The van der Waals surface area contributed by atoms with Crippen molar-refractivity contribution in [2.24, 2.45) is 5.92 Å². The van der Waals surface area contributed by atoms with Gasteiger partial charge in [-0.1, -0.05) is 6.92 Å². The van der Waals surface area contributed by atoms with E-state index in [4.69, 9.17) is 9.84 Å². The summed E-state index contributed by atoms with van der Waals surface area (Å²) < 4.78 is 20.8. The van der Waals surface area contributed by atoms with Crippen LogP contribution >= 0.6 is 0 Å². The van der Waals surface area contributed by atoms with Crippen LogP contribution in [0.1, 0.15) is 19.0 Å². The Balaban J connectivity index is 2.12. The van der Waals surface area contributed by atoms with E-state index in [0.717, 1.165) is 0 Å². The molecule has 0 bridgehead atoms. The van der Waals surface area contributed by atoms with Crippen LogP contribution in [0, 0.1) is 12.8 Å².